The second-order valence-electron chi connectivity index (χ2n) is 6.66. The second-order valence-corrected chi connectivity index (χ2v) is 6.66. The molecule has 6 nitrogen and oxygen atoms in total. The number of likely N-dealkylation sites (N-methyl/N-ethyl adjacent to an activating group) is 1. The first kappa shape index (κ1) is 17.3. The van der Waals surface area contributed by atoms with Gasteiger partial charge in [-0.2, -0.15) is 0 Å². The van der Waals surface area contributed by atoms with Crippen LogP contribution in [0, 0.1) is 0 Å². The Morgan fingerprint density at radius 1 is 1.22 bits per heavy atom. The van der Waals surface area contributed by atoms with E-state index in [0.717, 1.165) is 40.3 Å². The van der Waals surface area contributed by atoms with Crippen molar-refractivity contribution in [2.45, 2.75) is 6.42 Å². The summed E-state index contributed by atoms with van der Waals surface area (Å²) in [5, 5.41) is 12.0. The van der Waals surface area contributed by atoms with Crippen molar-refractivity contribution in [2.75, 3.05) is 31.6 Å². The molecule has 1 aliphatic rings. The molecule has 2 heterocycles. The molecule has 0 radical (unpaired) electrons. The summed E-state index contributed by atoms with van der Waals surface area (Å²) in [5.41, 5.74) is 4.76. The number of aliphatic hydroxyl groups excluding tert-OH is 1. The van der Waals surface area contributed by atoms with Gasteiger partial charge in [-0.25, -0.2) is 4.98 Å². The fraction of sp³-hybridized carbons (Fsp3) is 0.238. The Balaban J connectivity index is 1.67. The summed E-state index contributed by atoms with van der Waals surface area (Å²) >= 11 is 0. The van der Waals surface area contributed by atoms with Crippen molar-refractivity contribution in [3.8, 4) is 17.1 Å². The van der Waals surface area contributed by atoms with Crippen LogP contribution in [0.15, 0.2) is 54.9 Å². The number of nitrogens with one attached hydrogen (secondary N) is 1. The maximum atomic E-state index is 12.2. The van der Waals surface area contributed by atoms with Crippen molar-refractivity contribution in [3.05, 3.63) is 66.0 Å². The van der Waals surface area contributed by atoms with Crippen molar-refractivity contribution < 1.29 is 9.90 Å². The smallest absolute Gasteiger partial charge is 0.251 e. The first-order chi connectivity index (χ1) is 13.2. The van der Waals surface area contributed by atoms with Crippen LogP contribution >= 0.6 is 0 Å². The SMILES string of the molecule is CN(CCO)c1ccc(-c2nccn2-c2ccc3c(c2)C(=O)NCC3)cc1. The van der Waals surface area contributed by atoms with Gasteiger partial charge in [-0.05, 0) is 48.4 Å². The predicted molar refractivity (Wildman–Crippen MR) is 105 cm³/mol. The molecule has 0 saturated heterocycles. The maximum absolute atomic E-state index is 12.2. The summed E-state index contributed by atoms with van der Waals surface area (Å²) in [4.78, 5) is 18.7. The molecule has 0 unspecified atom stereocenters. The summed E-state index contributed by atoms with van der Waals surface area (Å²) in [7, 11) is 1.95. The average molecular weight is 362 g/mol. The second kappa shape index (κ2) is 7.25. The Morgan fingerprint density at radius 3 is 2.81 bits per heavy atom. The molecule has 0 bridgehead atoms. The Morgan fingerprint density at radius 2 is 2.04 bits per heavy atom. The van der Waals surface area contributed by atoms with E-state index in [-0.39, 0.29) is 12.5 Å². The zero-order chi connectivity index (χ0) is 18.8. The zero-order valence-corrected chi connectivity index (χ0v) is 15.2. The Hall–Kier alpha value is -3.12. The van der Waals surface area contributed by atoms with Crippen molar-refractivity contribution in [1.82, 2.24) is 14.9 Å². The number of carbonyl (C=O) groups excluding carboxylic acids is 1. The Labute approximate surface area is 158 Å². The number of anilines is 1. The fourth-order valence-electron chi connectivity index (χ4n) is 3.42. The monoisotopic (exact) mass is 362 g/mol. The van der Waals surface area contributed by atoms with E-state index < -0.39 is 0 Å². The van der Waals surface area contributed by atoms with Gasteiger partial charge < -0.3 is 15.3 Å². The summed E-state index contributed by atoms with van der Waals surface area (Å²) in [6.45, 7) is 1.40. The minimum Gasteiger partial charge on any atom is -0.395 e. The lowest BCUT2D eigenvalue weighted by Gasteiger charge is -2.19. The molecule has 138 valence electrons. The van der Waals surface area contributed by atoms with Gasteiger partial charge in [-0.1, -0.05) is 6.07 Å². The topological polar surface area (TPSA) is 70.4 Å². The van der Waals surface area contributed by atoms with Crippen molar-refractivity contribution >= 4 is 11.6 Å². The van der Waals surface area contributed by atoms with Crippen LogP contribution in [0.4, 0.5) is 5.69 Å². The lowest BCUT2D eigenvalue weighted by Crippen LogP contribution is -2.31. The number of carbonyl (C=O) groups is 1. The lowest BCUT2D eigenvalue weighted by molar-refractivity contribution is 0.0946. The molecule has 0 saturated carbocycles. The van der Waals surface area contributed by atoms with Crippen LogP contribution in [0.5, 0.6) is 0 Å². The van der Waals surface area contributed by atoms with E-state index in [9.17, 15) is 4.79 Å². The highest BCUT2D eigenvalue weighted by atomic mass is 16.3. The number of nitrogens with zero attached hydrogens (tertiary/aromatic N) is 3. The largest absolute Gasteiger partial charge is 0.395 e. The summed E-state index contributed by atoms with van der Waals surface area (Å²) in [5.74, 6) is 0.804. The highest BCUT2D eigenvalue weighted by Gasteiger charge is 2.18. The standard InChI is InChI=1S/C21H22N4O2/c1-24(12-13-26)17-5-3-16(4-6-17)20-22-10-11-25(20)18-7-2-15-8-9-23-21(27)19(15)14-18/h2-7,10-11,14,26H,8-9,12-13H2,1H3,(H,23,27). The summed E-state index contributed by atoms with van der Waals surface area (Å²) in [6, 6.07) is 14.1. The molecule has 2 N–H and O–H groups in total. The average Bonchev–Trinajstić information content (AvgIpc) is 3.18. The number of benzene rings is 2. The van der Waals surface area contributed by atoms with Gasteiger partial charge in [-0.3, -0.25) is 9.36 Å². The summed E-state index contributed by atoms with van der Waals surface area (Å²) < 4.78 is 1.99. The molecule has 0 atom stereocenters. The molecular weight excluding hydrogens is 340 g/mol. The quantitative estimate of drug-likeness (QED) is 0.730. The van der Waals surface area contributed by atoms with Crippen LogP contribution in [0.25, 0.3) is 17.1 Å². The van der Waals surface area contributed by atoms with Crippen LogP contribution in [0.2, 0.25) is 0 Å². The van der Waals surface area contributed by atoms with E-state index in [2.05, 4.69) is 10.3 Å². The molecule has 0 fully saturated rings. The van der Waals surface area contributed by atoms with Gasteiger partial charge >= 0.3 is 0 Å². The first-order valence-electron chi connectivity index (χ1n) is 9.04. The van der Waals surface area contributed by atoms with E-state index in [1.165, 1.54) is 0 Å². The van der Waals surface area contributed by atoms with E-state index in [0.29, 0.717) is 13.1 Å². The molecule has 4 rings (SSSR count). The van der Waals surface area contributed by atoms with Gasteiger partial charge in [0.2, 0.25) is 0 Å². The molecular formula is C21H22N4O2. The van der Waals surface area contributed by atoms with Crippen LogP contribution in [-0.2, 0) is 6.42 Å². The minimum absolute atomic E-state index is 0.0176. The third-order valence-corrected chi connectivity index (χ3v) is 4.94. The van der Waals surface area contributed by atoms with E-state index >= 15 is 0 Å². The Kier molecular flexibility index (Phi) is 4.64. The number of imidazole rings is 1. The highest BCUT2D eigenvalue weighted by Crippen LogP contribution is 2.26. The summed E-state index contributed by atoms with van der Waals surface area (Å²) in [6.07, 6.45) is 4.53. The predicted octanol–water partition coefficient (Wildman–Crippen LogP) is 2.25. The first-order valence-corrected chi connectivity index (χ1v) is 9.04. The molecule has 1 amide bonds. The molecule has 27 heavy (non-hydrogen) atoms. The van der Waals surface area contributed by atoms with E-state index in [4.69, 9.17) is 5.11 Å². The third-order valence-electron chi connectivity index (χ3n) is 4.94. The van der Waals surface area contributed by atoms with E-state index in [1.807, 2.05) is 65.2 Å². The fourth-order valence-corrected chi connectivity index (χ4v) is 3.42. The Bertz CT molecular complexity index is 963. The molecule has 3 aromatic rings. The number of aliphatic hydroxyl groups is 1. The van der Waals surface area contributed by atoms with Gasteiger partial charge in [-0.15, -0.1) is 0 Å². The van der Waals surface area contributed by atoms with Crippen LogP contribution in [0.1, 0.15) is 15.9 Å². The highest BCUT2D eigenvalue weighted by molar-refractivity contribution is 5.97. The molecule has 0 aliphatic carbocycles. The van der Waals surface area contributed by atoms with Gasteiger partial charge in [0.05, 0.1) is 6.61 Å². The number of aromatic nitrogens is 2. The zero-order valence-electron chi connectivity index (χ0n) is 15.2. The van der Waals surface area contributed by atoms with Crippen molar-refractivity contribution in [2.24, 2.45) is 0 Å². The molecule has 2 aromatic carbocycles. The van der Waals surface area contributed by atoms with Gasteiger partial charge in [0, 0.05) is 55.0 Å². The molecule has 1 aliphatic heterocycles. The number of hydrogen-bond donors (Lipinski definition) is 2. The number of hydrogen-bond acceptors (Lipinski definition) is 4. The minimum atomic E-state index is -0.0176. The van der Waals surface area contributed by atoms with E-state index in [1.54, 1.807) is 6.20 Å². The number of rotatable bonds is 5. The van der Waals surface area contributed by atoms with Gasteiger partial charge in [0.1, 0.15) is 5.82 Å². The normalized spacial score (nSPS) is 13.2. The number of amides is 1. The van der Waals surface area contributed by atoms with Crippen LogP contribution in [0.3, 0.4) is 0 Å². The van der Waals surface area contributed by atoms with Gasteiger partial charge in [0.25, 0.3) is 5.91 Å². The van der Waals surface area contributed by atoms with Crippen LogP contribution in [-0.4, -0.2) is 47.3 Å². The van der Waals surface area contributed by atoms with Crippen molar-refractivity contribution in [1.29, 1.82) is 0 Å². The number of fused-ring (bicyclic) bond motifs is 1. The molecule has 6 heteroatoms. The van der Waals surface area contributed by atoms with Crippen LogP contribution < -0.4 is 10.2 Å². The van der Waals surface area contributed by atoms with Crippen molar-refractivity contribution in [3.63, 3.8) is 0 Å². The lowest BCUT2D eigenvalue weighted by atomic mass is 9.99. The third kappa shape index (κ3) is 3.31. The maximum Gasteiger partial charge on any atom is 0.251 e. The molecule has 1 aromatic heterocycles. The molecule has 0 spiro atoms. The van der Waals surface area contributed by atoms with Gasteiger partial charge in [0.15, 0.2) is 0 Å².